The fourth-order valence-electron chi connectivity index (χ4n) is 2.02. The quantitative estimate of drug-likeness (QED) is 0.881. The van der Waals surface area contributed by atoms with Gasteiger partial charge in [0.05, 0.1) is 5.69 Å². The van der Waals surface area contributed by atoms with Crippen molar-refractivity contribution in [2.45, 2.75) is 30.8 Å². The number of hydrogen-bond donors (Lipinski definition) is 1. The number of hydrogen-bond acceptors (Lipinski definition) is 4. The number of nitrogens with one attached hydrogen (secondary N) is 1. The Morgan fingerprint density at radius 1 is 1.50 bits per heavy atom. The molecule has 1 fully saturated rings. The van der Waals surface area contributed by atoms with Crippen molar-refractivity contribution in [2.24, 2.45) is 5.92 Å². The molecule has 1 aliphatic carbocycles. The molecule has 0 bridgehead atoms. The van der Waals surface area contributed by atoms with Crippen molar-refractivity contribution in [1.82, 2.24) is 9.29 Å². The molecule has 1 aromatic rings. The van der Waals surface area contributed by atoms with Crippen molar-refractivity contribution >= 4 is 15.7 Å². The molecular weight excluding hydrogens is 250 g/mol. The van der Waals surface area contributed by atoms with Gasteiger partial charge in [0.15, 0.2) is 5.03 Å². The Morgan fingerprint density at radius 2 is 2.17 bits per heavy atom. The Hall–Kier alpha value is -1.14. The molecule has 6 heteroatoms. The van der Waals surface area contributed by atoms with E-state index in [1.807, 2.05) is 6.92 Å². The second-order valence-corrected chi connectivity index (χ2v) is 6.62. The maximum atomic E-state index is 12.5. The van der Waals surface area contributed by atoms with E-state index in [0.29, 0.717) is 11.6 Å². The van der Waals surface area contributed by atoms with Crippen LogP contribution in [0.3, 0.4) is 0 Å². The minimum absolute atomic E-state index is 0.0294. The molecule has 1 aromatic heterocycles. The van der Waals surface area contributed by atoms with Crippen LogP contribution in [0.2, 0.25) is 0 Å². The van der Waals surface area contributed by atoms with E-state index in [1.165, 1.54) is 10.5 Å². The largest absolute Gasteiger partial charge is 0.386 e. The first-order valence-corrected chi connectivity index (χ1v) is 7.53. The van der Waals surface area contributed by atoms with Gasteiger partial charge in [-0.05, 0) is 37.8 Å². The molecule has 5 nitrogen and oxygen atoms in total. The monoisotopic (exact) mass is 269 g/mol. The van der Waals surface area contributed by atoms with Crippen LogP contribution in [0.5, 0.6) is 0 Å². The zero-order valence-corrected chi connectivity index (χ0v) is 11.7. The van der Waals surface area contributed by atoms with E-state index in [1.54, 1.807) is 26.2 Å². The van der Waals surface area contributed by atoms with E-state index >= 15 is 0 Å². The van der Waals surface area contributed by atoms with Crippen molar-refractivity contribution < 1.29 is 8.42 Å². The van der Waals surface area contributed by atoms with Crippen LogP contribution in [0.15, 0.2) is 23.4 Å². The molecule has 0 aliphatic heterocycles. The van der Waals surface area contributed by atoms with Crippen LogP contribution in [0.4, 0.5) is 5.69 Å². The Morgan fingerprint density at radius 3 is 2.72 bits per heavy atom. The van der Waals surface area contributed by atoms with E-state index in [0.717, 1.165) is 12.8 Å². The van der Waals surface area contributed by atoms with E-state index in [-0.39, 0.29) is 11.1 Å². The average molecular weight is 269 g/mol. The summed E-state index contributed by atoms with van der Waals surface area (Å²) in [4.78, 5) is 4.01. The fourth-order valence-corrected chi connectivity index (χ4v) is 3.54. The van der Waals surface area contributed by atoms with E-state index in [4.69, 9.17) is 0 Å². The van der Waals surface area contributed by atoms with Crippen molar-refractivity contribution in [1.29, 1.82) is 0 Å². The average Bonchev–Trinajstić information content (AvgIpc) is 3.21. The molecule has 1 unspecified atom stereocenters. The summed E-state index contributed by atoms with van der Waals surface area (Å²) in [6.45, 7) is 1.96. The first-order valence-electron chi connectivity index (χ1n) is 6.09. The molecule has 0 amide bonds. The van der Waals surface area contributed by atoms with Gasteiger partial charge in [0.2, 0.25) is 0 Å². The zero-order valence-electron chi connectivity index (χ0n) is 10.9. The van der Waals surface area contributed by atoms with Gasteiger partial charge in [0.25, 0.3) is 10.0 Å². The van der Waals surface area contributed by atoms with E-state index in [9.17, 15) is 8.42 Å². The fraction of sp³-hybridized carbons (Fsp3) is 0.583. The molecule has 2 rings (SSSR count). The standard InChI is InChI=1S/C12H19N3O2S/c1-9(10-6-7-10)15(3)18(16,17)12-11(13-2)5-4-8-14-12/h4-5,8-10,13H,6-7H2,1-3H3. The smallest absolute Gasteiger partial charge is 0.262 e. The Kier molecular flexibility index (Phi) is 3.59. The number of sulfonamides is 1. The highest BCUT2D eigenvalue weighted by Crippen LogP contribution is 2.36. The van der Waals surface area contributed by atoms with Crippen LogP contribution in [-0.2, 0) is 10.0 Å². The van der Waals surface area contributed by atoms with E-state index < -0.39 is 10.0 Å². The molecule has 0 spiro atoms. The topological polar surface area (TPSA) is 62.3 Å². The van der Waals surface area contributed by atoms with Crippen LogP contribution in [-0.4, -0.2) is 37.8 Å². The summed E-state index contributed by atoms with van der Waals surface area (Å²) in [6, 6.07) is 3.46. The zero-order chi connectivity index (χ0) is 13.3. The van der Waals surface area contributed by atoms with Crippen molar-refractivity contribution in [3.63, 3.8) is 0 Å². The van der Waals surface area contributed by atoms with Crippen molar-refractivity contribution in [3.05, 3.63) is 18.3 Å². The first-order chi connectivity index (χ1) is 8.48. The van der Waals surface area contributed by atoms with E-state index in [2.05, 4.69) is 10.3 Å². The van der Waals surface area contributed by atoms with Gasteiger partial charge in [-0.25, -0.2) is 13.4 Å². The number of nitrogens with zero attached hydrogens (tertiary/aromatic N) is 2. The van der Waals surface area contributed by atoms with Gasteiger partial charge in [-0.2, -0.15) is 4.31 Å². The Labute approximate surface area is 108 Å². The molecule has 0 saturated heterocycles. The number of rotatable bonds is 5. The molecule has 0 radical (unpaired) electrons. The lowest BCUT2D eigenvalue weighted by Crippen LogP contribution is -2.37. The summed E-state index contributed by atoms with van der Waals surface area (Å²) < 4.78 is 26.5. The van der Waals surface area contributed by atoms with Gasteiger partial charge in [-0.3, -0.25) is 0 Å². The minimum atomic E-state index is -3.53. The molecule has 1 saturated carbocycles. The molecule has 0 aromatic carbocycles. The lowest BCUT2D eigenvalue weighted by Gasteiger charge is -2.24. The van der Waals surface area contributed by atoms with Crippen molar-refractivity contribution in [2.75, 3.05) is 19.4 Å². The number of pyridine rings is 1. The highest BCUT2D eigenvalue weighted by molar-refractivity contribution is 7.89. The van der Waals surface area contributed by atoms with Gasteiger partial charge >= 0.3 is 0 Å². The first kappa shape index (κ1) is 13.3. The maximum Gasteiger partial charge on any atom is 0.262 e. The lowest BCUT2D eigenvalue weighted by molar-refractivity contribution is 0.356. The highest BCUT2D eigenvalue weighted by atomic mass is 32.2. The number of aromatic nitrogens is 1. The summed E-state index contributed by atoms with van der Waals surface area (Å²) in [7, 11) is -0.200. The maximum absolute atomic E-state index is 12.5. The number of anilines is 1. The van der Waals surface area contributed by atoms with Crippen LogP contribution >= 0.6 is 0 Å². The molecule has 100 valence electrons. The van der Waals surface area contributed by atoms with Crippen LogP contribution < -0.4 is 5.32 Å². The Balaban J connectivity index is 2.34. The van der Waals surface area contributed by atoms with Crippen LogP contribution in [0, 0.1) is 5.92 Å². The van der Waals surface area contributed by atoms with Gasteiger partial charge in [0.1, 0.15) is 0 Å². The lowest BCUT2D eigenvalue weighted by atomic mass is 10.2. The summed E-state index contributed by atoms with van der Waals surface area (Å²) in [5.41, 5.74) is 0.535. The third-order valence-electron chi connectivity index (χ3n) is 3.54. The second-order valence-electron chi connectivity index (χ2n) is 4.71. The third-order valence-corrected chi connectivity index (χ3v) is 5.45. The minimum Gasteiger partial charge on any atom is -0.386 e. The predicted molar refractivity (Wildman–Crippen MR) is 70.9 cm³/mol. The predicted octanol–water partition coefficient (Wildman–Crippen LogP) is 1.54. The SMILES string of the molecule is CNc1cccnc1S(=O)(=O)N(C)C(C)C1CC1. The third kappa shape index (κ3) is 2.35. The summed E-state index contributed by atoms with van der Waals surface area (Å²) >= 11 is 0. The molecule has 18 heavy (non-hydrogen) atoms. The summed E-state index contributed by atoms with van der Waals surface area (Å²) in [5, 5.41) is 2.97. The second kappa shape index (κ2) is 4.85. The molecule has 1 aliphatic rings. The summed E-state index contributed by atoms with van der Waals surface area (Å²) in [5.74, 6) is 0.492. The molecule has 1 N–H and O–H groups in total. The highest BCUT2D eigenvalue weighted by Gasteiger charge is 2.37. The normalized spacial score (nSPS) is 17.8. The van der Waals surface area contributed by atoms with Crippen molar-refractivity contribution in [3.8, 4) is 0 Å². The molecule has 1 heterocycles. The Bertz CT molecular complexity index is 526. The van der Waals surface area contributed by atoms with Crippen LogP contribution in [0.25, 0.3) is 0 Å². The summed E-state index contributed by atoms with van der Waals surface area (Å²) in [6.07, 6.45) is 3.73. The van der Waals surface area contributed by atoms with Crippen LogP contribution in [0.1, 0.15) is 19.8 Å². The van der Waals surface area contributed by atoms with Gasteiger partial charge < -0.3 is 5.32 Å². The van der Waals surface area contributed by atoms with Gasteiger partial charge in [-0.15, -0.1) is 0 Å². The molecular formula is C12H19N3O2S. The molecule has 1 atom stereocenters. The van der Waals surface area contributed by atoms with Gasteiger partial charge in [-0.1, -0.05) is 0 Å². The van der Waals surface area contributed by atoms with Gasteiger partial charge in [0, 0.05) is 26.3 Å².